The maximum Gasteiger partial charge on any atom is 0.254 e. The Kier molecular flexibility index (Phi) is 8.98. The highest BCUT2D eigenvalue weighted by atomic mass is 16.5. The summed E-state index contributed by atoms with van der Waals surface area (Å²) in [7, 11) is 1.64. The molecule has 0 saturated heterocycles. The number of aromatic amines is 1. The second kappa shape index (κ2) is 12.4. The summed E-state index contributed by atoms with van der Waals surface area (Å²) in [5, 5.41) is 1.16. The van der Waals surface area contributed by atoms with Crippen molar-refractivity contribution in [1.82, 2.24) is 14.8 Å². The molecule has 0 aliphatic heterocycles. The molecule has 0 aliphatic carbocycles. The van der Waals surface area contributed by atoms with Crippen LogP contribution in [0.3, 0.4) is 0 Å². The molecule has 3 aromatic carbocycles. The number of methoxy groups -OCH3 is 1. The molecule has 1 heterocycles. The molecule has 0 radical (unpaired) electrons. The number of nitrogens with zero attached hydrogens (tertiary/aromatic N) is 2. The molecule has 0 saturated carbocycles. The van der Waals surface area contributed by atoms with Gasteiger partial charge in [0.15, 0.2) is 0 Å². The molecule has 0 spiro atoms. The standard InChI is InChI=1S/C34H41N3O3/c1-24(2)37(33(39)26-13-15-28(16-14-26)34(3,4)5)23-32(38)36(22-25-11-17-29(40-6)18-12-25)20-19-27-21-35-31-10-8-7-9-30(27)31/h7-18,21,24,35H,19-20,22-23H2,1-6H3. The third-order valence-electron chi connectivity index (χ3n) is 7.40. The number of ether oxygens (including phenoxy) is 1. The molecule has 0 aliphatic rings. The number of rotatable bonds is 10. The quantitative estimate of drug-likeness (QED) is 0.247. The maximum absolute atomic E-state index is 13.8. The zero-order chi connectivity index (χ0) is 28.9. The van der Waals surface area contributed by atoms with Crippen molar-refractivity contribution in [1.29, 1.82) is 0 Å². The number of fused-ring (bicyclic) bond motifs is 1. The van der Waals surface area contributed by atoms with Crippen LogP contribution in [0.2, 0.25) is 0 Å². The maximum atomic E-state index is 13.8. The van der Waals surface area contributed by atoms with Crippen molar-refractivity contribution in [3.05, 3.63) is 101 Å². The number of carbonyl (C=O) groups is 2. The first-order valence-corrected chi connectivity index (χ1v) is 13.9. The third kappa shape index (κ3) is 6.92. The molecule has 210 valence electrons. The Bertz CT molecular complexity index is 1430. The summed E-state index contributed by atoms with van der Waals surface area (Å²) in [4.78, 5) is 34.2. The van der Waals surface area contributed by atoms with Gasteiger partial charge in [-0.3, -0.25) is 9.59 Å². The topological polar surface area (TPSA) is 65.6 Å². The van der Waals surface area contributed by atoms with E-state index < -0.39 is 0 Å². The van der Waals surface area contributed by atoms with Crippen molar-refractivity contribution in [3.8, 4) is 5.75 Å². The average Bonchev–Trinajstić information content (AvgIpc) is 3.36. The molecule has 0 unspecified atom stereocenters. The van der Waals surface area contributed by atoms with Crippen molar-refractivity contribution < 1.29 is 14.3 Å². The van der Waals surface area contributed by atoms with E-state index in [1.807, 2.05) is 85.6 Å². The number of carbonyl (C=O) groups excluding carboxylic acids is 2. The lowest BCUT2D eigenvalue weighted by molar-refractivity contribution is -0.132. The third-order valence-corrected chi connectivity index (χ3v) is 7.40. The smallest absolute Gasteiger partial charge is 0.254 e. The van der Waals surface area contributed by atoms with Crippen molar-refractivity contribution in [3.63, 3.8) is 0 Å². The number of nitrogens with one attached hydrogen (secondary N) is 1. The van der Waals surface area contributed by atoms with Crippen LogP contribution in [0.25, 0.3) is 10.9 Å². The van der Waals surface area contributed by atoms with E-state index in [0.29, 0.717) is 25.1 Å². The van der Waals surface area contributed by atoms with Gasteiger partial charge in [0, 0.05) is 41.8 Å². The highest BCUT2D eigenvalue weighted by Gasteiger charge is 2.25. The van der Waals surface area contributed by atoms with Gasteiger partial charge in [0.25, 0.3) is 5.91 Å². The summed E-state index contributed by atoms with van der Waals surface area (Å²) in [5.74, 6) is 0.559. The molecular weight excluding hydrogens is 498 g/mol. The van der Waals surface area contributed by atoms with Gasteiger partial charge in [0.2, 0.25) is 5.91 Å². The molecule has 4 aromatic rings. The fourth-order valence-electron chi connectivity index (χ4n) is 4.85. The summed E-state index contributed by atoms with van der Waals surface area (Å²) >= 11 is 0. The summed E-state index contributed by atoms with van der Waals surface area (Å²) in [6.07, 6.45) is 2.72. The zero-order valence-electron chi connectivity index (χ0n) is 24.5. The second-order valence-electron chi connectivity index (χ2n) is 11.6. The predicted octanol–water partition coefficient (Wildman–Crippen LogP) is 6.60. The van der Waals surface area contributed by atoms with Crippen LogP contribution in [-0.2, 0) is 23.2 Å². The van der Waals surface area contributed by atoms with Crippen molar-refractivity contribution >= 4 is 22.7 Å². The van der Waals surface area contributed by atoms with Crippen LogP contribution < -0.4 is 4.74 Å². The SMILES string of the molecule is COc1ccc(CN(CCc2c[nH]c3ccccc23)C(=O)CN(C(=O)c2ccc(C(C)(C)C)cc2)C(C)C)cc1. The number of para-hydroxylation sites is 1. The van der Waals surface area contributed by atoms with Gasteiger partial charge in [-0.2, -0.15) is 0 Å². The predicted molar refractivity (Wildman–Crippen MR) is 162 cm³/mol. The monoisotopic (exact) mass is 539 g/mol. The Morgan fingerprint density at radius 2 is 1.60 bits per heavy atom. The molecule has 2 amide bonds. The molecule has 1 aromatic heterocycles. The van der Waals surface area contributed by atoms with Gasteiger partial charge in [0.1, 0.15) is 12.3 Å². The average molecular weight is 540 g/mol. The molecule has 4 rings (SSSR count). The van der Waals surface area contributed by atoms with Gasteiger partial charge in [-0.15, -0.1) is 0 Å². The van der Waals surface area contributed by atoms with Gasteiger partial charge in [0.05, 0.1) is 7.11 Å². The lowest BCUT2D eigenvalue weighted by Gasteiger charge is -2.30. The molecule has 1 N–H and O–H groups in total. The minimum atomic E-state index is -0.134. The summed E-state index contributed by atoms with van der Waals surface area (Å²) in [5.41, 5.74) is 5.02. The Hall–Kier alpha value is -4.06. The van der Waals surface area contributed by atoms with E-state index in [1.54, 1.807) is 12.0 Å². The van der Waals surface area contributed by atoms with Crippen LogP contribution in [0.1, 0.15) is 61.7 Å². The highest BCUT2D eigenvalue weighted by Crippen LogP contribution is 2.23. The molecule has 6 nitrogen and oxygen atoms in total. The minimum Gasteiger partial charge on any atom is -0.497 e. The Balaban J connectivity index is 1.54. The van der Waals surface area contributed by atoms with E-state index in [-0.39, 0.29) is 29.8 Å². The number of aromatic nitrogens is 1. The lowest BCUT2D eigenvalue weighted by Crippen LogP contribution is -2.46. The van der Waals surface area contributed by atoms with Crippen LogP contribution in [0.5, 0.6) is 5.75 Å². The molecular formula is C34H41N3O3. The number of amides is 2. The first kappa shape index (κ1) is 28.9. The van der Waals surface area contributed by atoms with Crippen LogP contribution in [0.4, 0.5) is 0 Å². The largest absolute Gasteiger partial charge is 0.497 e. The van der Waals surface area contributed by atoms with Crippen molar-refractivity contribution in [2.75, 3.05) is 20.2 Å². The minimum absolute atomic E-state index is 0.00201. The van der Waals surface area contributed by atoms with Crippen LogP contribution in [0, 0.1) is 0 Å². The van der Waals surface area contributed by atoms with Gasteiger partial charge in [-0.1, -0.05) is 63.2 Å². The highest BCUT2D eigenvalue weighted by molar-refractivity contribution is 5.96. The Labute approximate surface area is 238 Å². The lowest BCUT2D eigenvalue weighted by atomic mass is 9.86. The van der Waals surface area contributed by atoms with E-state index in [0.717, 1.165) is 22.2 Å². The fraction of sp³-hybridized carbons (Fsp3) is 0.353. The van der Waals surface area contributed by atoms with E-state index in [9.17, 15) is 9.59 Å². The van der Waals surface area contributed by atoms with Gasteiger partial charge >= 0.3 is 0 Å². The van der Waals surface area contributed by atoms with Gasteiger partial charge < -0.3 is 19.5 Å². The van der Waals surface area contributed by atoms with E-state index >= 15 is 0 Å². The number of hydrogen-bond acceptors (Lipinski definition) is 3. The number of benzene rings is 3. The van der Waals surface area contributed by atoms with Crippen molar-refractivity contribution in [2.45, 2.75) is 59.0 Å². The number of hydrogen-bond donors (Lipinski definition) is 1. The summed E-state index contributed by atoms with van der Waals surface area (Å²) in [6, 6.07) is 23.6. The Morgan fingerprint density at radius 3 is 2.23 bits per heavy atom. The first-order chi connectivity index (χ1) is 19.1. The molecule has 0 bridgehead atoms. The van der Waals surface area contributed by atoms with E-state index in [1.165, 1.54) is 11.1 Å². The summed E-state index contributed by atoms with van der Waals surface area (Å²) in [6.45, 7) is 11.4. The van der Waals surface area contributed by atoms with E-state index in [2.05, 4.69) is 37.9 Å². The normalized spacial score (nSPS) is 11.6. The molecule has 6 heteroatoms. The first-order valence-electron chi connectivity index (χ1n) is 13.9. The van der Waals surface area contributed by atoms with Crippen LogP contribution in [0.15, 0.2) is 79.0 Å². The van der Waals surface area contributed by atoms with Crippen LogP contribution in [-0.4, -0.2) is 52.8 Å². The zero-order valence-corrected chi connectivity index (χ0v) is 24.5. The van der Waals surface area contributed by atoms with Gasteiger partial charge in [-0.05, 0) is 72.7 Å². The van der Waals surface area contributed by atoms with Crippen molar-refractivity contribution in [2.24, 2.45) is 0 Å². The molecule has 40 heavy (non-hydrogen) atoms. The van der Waals surface area contributed by atoms with E-state index in [4.69, 9.17) is 4.74 Å². The second-order valence-corrected chi connectivity index (χ2v) is 11.6. The number of H-pyrrole nitrogens is 1. The van der Waals surface area contributed by atoms with Crippen LogP contribution >= 0.6 is 0 Å². The summed E-state index contributed by atoms with van der Waals surface area (Å²) < 4.78 is 5.30. The molecule has 0 atom stereocenters. The Morgan fingerprint density at radius 1 is 0.925 bits per heavy atom. The van der Waals surface area contributed by atoms with Gasteiger partial charge in [-0.25, -0.2) is 0 Å². The fourth-order valence-corrected chi connectivity index (χ4v) is 4.85. The molecule has 0 fully saturated rings.